The fraction of sp³-hybridized carbons (Fsp3) is 0.0250. The minimum absolute atomic E-state index is 0.547. The zero-order chi connectivity index (χ0) is 54.6. The number of fused-ring (bicyclic) bond motifs is 18. The van der Waals surface area contributed by atoms with E-state index in [-0.39, 0.29) is 0 Å². The molecule has 0 amide bonds. The normalized spacial score (nSPS) is 13.7. The molecule has 0 aromatic heterocycles. The monoisotopic (exact) mass is 1060 g/mol. The van der Waals surface area contributed by atoms with E-state index in [9.17, 15) is 0 Å². The molecular formula is C80H51NO2. The number of para-hydroxylation sites is 5. The van der Waals surface area contributed by atoms with Crippen LogP contribution < -0.4 is 14.4 Å². The Morgan fingerprint density at radius 3 is 1.11 bits per heavy atom. The molecule has 3 nitrogen and oxygen atoms in total. The Labute approximate surface area is 483 Å². The predicted molar refractivity (Wildman–Crippen MR) is 338 cm³/mol. The van der Waals surface area contributed by atoms with Crippen LogP contribution in [0.1, 0.15) is 44.5 Å². The summed E-state index contributed by atoms with van der Waals surface area (Å²) < 4.78 is 13.3. The van der Waals surface area contributed by atoms with Crippen molar-refractivity contribution in [2.45, 2.75) is 10.8 Å². The van der Waals surface area contributed by atoms with Crippen molar-refractivity contribution in [3.63, 3.8) is 0 Å². The SMILES string of the molecule is c1ccc(-c2cccc(-c3ccc(N(c4ccc(-c5ccc6c(c5)C5(c7ccccc7Oc7ccccc75)c5ccccc5-6)cc4)c4ccccc4-c4ccc5c(c4)-c4ccccc4C54c5ccccc5Oc5ccccc54)cc3)c2)cc1. The Bertz CT molecular complexity index is 4660. The van der Waals surface area contributed by atoms with Gasteiger partial charge in [-0.1, -0.05) is 237 Å². The second kappa shape index (κ2) is 18.4. The first-order valence-corrected chi connectivity index (χ1v) is 28.6. The lowest BCUT2D eigenvalue weighted by atomic mass is 9.66. The number of ether oxygens (including phenoxy) is 2. The molecule has 0 bridgehead atoms. The van der Waals surface area contributed by atoms with E-state index in [1.165, 1.54) is 61.2 Å². The number of hydrogen-bond acceptors (Lipinski definition) is 3. The Balaban J connectivity index is 0.810. The van der Waals surface area contributed by atoms with E-state index in [0.29, 0.717) is 0 Å². The van der Waals surface area contributed by atoms with Crippen LogP contribution in [-0.4, -0.2) is 0 Å². The molecule has 4 aliphatic rings. The predicted octanol–water partition coefficient (Wildman–Crippen LogP) is 20.8. The molecule has 2 spiro atoms. The number of benzene rings is 13. The molecule has 0 radical (unpaired) electrons. The van der Waals surface area contributed by atoms with Crippen LogP contribution in [0.2, 0.25) is 0 Å². The molecule has 2 heterocycles. The molecule has 0 saturated carbocycles. The summed E-state index contributed by atoms with van der Waals surface area (Å²) in [4.78, 5) is 2.43. The fourth-order valence-corrected chi connectivity index (χ4v) is 14.5. The molecular weight excluding hydrogens is 1010 g/mol. The Morgan fingerprint density at radius 2 is 0.566 bits per heavy atom. The molecule has 83 heavy (non-hydrogen) atoms. The highest BCUT2D eigenvalue weighted by Gasteiger charge is 2.52. The van der Waals surface area contributed by atoms with E-state index in [4.69, 9.17) is 9.47 Å². The fourth-order valence-electron chi connectivity index (χ4n) is 14.5. The zero-order valence-electron chi connectivity index (χ0n) is 45.2. The van der Waals surface area contributed by atoms with Gasteiger partial charge in [0.05, 0.1) is 16.5 Å². The molecule has 2 aliphatic heterocycles. The van der Waals surface area contributed by atoms with Crippen LogP contribution >= 0.6 is 0 Å². The minimum Gasteiger partial charge on any atom is -0.457 e. The van der Waals surface area contributed by atoms with E-state index in [1.807, 2.05) is 0 Å². The van der Waals surface area contributed by atoms with Crippen molar-refractivity contribution in [1.82, 2.24) is 0 Å². The third kappa shape index (κ3) is 6.92. The van der Waals surface area contributed by atoms with Gasteiger partial charge in [0, 0.05) is 39.2 Å². The van der Waals surface area contributed by atoms with Gasteiger partial charge in [0.15, 0.2) is 0 Å². The first kappa shape index (κ1) is 47.1. The van der Waals surface area contributed by atoms with Crippen LogP contribution in [0.3, 0.4) is 0 Å². The van der Waals surface area contributed by atoms with Crippen LogP contribution in [0.15, 0.2) is 309 Å². The molecule has 0 fully saturated rings. The highest BCUT2D eigenvalue weighted by atomic mass is 16.5. The van der Waals surface area contributed by atoms with E-state index in [2.05, 4.69) is 314 Å². The van der Waals surface area contributed by atoms with Crippen molar-refractivity contribution in [1.29, 1.82) is 0 Å². The lowest BCUT2D eigenvalue weighted by Gasteiger charge is -2.39. The van der Waals surface area contributed by atoms with Gasteiger partial charge in [0.2, 0.25) is 0 Å². The Hall–Kier alpha value is -10.7. The largest absolute Gasteiger partial charge is 0.457 e. The standard InChI is InChI=1S/C80H51NO2/c1-2-19-52(20-3-1)55-21-18-22-56(49-55)53-37-43-59(44-38-53)81(60-45-39-54(40-46-60)57-41-47-64-62-24-4-7-26-66(62)80(73(64)51-57)71-30-11-16-35-77(71)83-78-36-17-12-31-72(78)80)74-32-13-6-23-61(74)58-42-48-68-65(50-58)63-25-5-8-27-67(63)79(68)69-28-9-14-33-75(69)82-76-34-15-10-29-70(76)79/h1-51H. The summed E-state index contributed by atoms with van der Waals surface area (Å²) in [5.74, 6) is 3.56. The summed E-state index contributed by atoms with van der Waals surface area (Å²) in [6, 6.07) is 113. The maximum absolute atomic E-state index is 6.68. The first-order chi connectivity index (χ1) is 41.1. The van der Waals surface area contributed by atoms with Crippen molar-refractivity contribution in [3.8, 4) is 89.8 Å². The number of rotatable bonds is 7. The van der Waals surface area contributed by atoms with Crippen LogP contribution in [-0.2, 0) is 10.8 Å². The molecule has 0 N–H and O–H groups in total. The molecule has 2 aliphatic carbocycles. The summed E-state index contributed by atoms with van der Waals surface area (Å²) in [5, 5.41) is 0. The van der Waals surface area contributed by atoms with Crippen molar-refractivity contribution in [2.75, 3.05) is 4.90 Å². The minimum atomic E-state index is -0.553. The first-order valence-electron chi connectivity index (χ1n) is 28.6. The third-order valence-electron chi connectivity index (χ3n) is 18.0. The van der Waals surface area contributed by atoms with E-state index < -0.39 is 10.8 Å². The molecule has 17 rings (SSSR count). The average Bonchev–Trinajstić information content (AvgIpc) is 1.99. The molecule has 13 aromatic carbocycles. The van der Waals surface area contributed by atoms with Crippen molar-refractivity contribution >= 4 is 17.1 Å². The van der Waals surface area contributed by atoms with Gasteiger partial charge in [0.25, 0.3) is 0 Å². The van der Waals surface area contributed by atoms with Crippen molar-refractivity contribution in [3.05, 3.63) is 354 Å². The van der Waals surface area contributed by atoms with Crippen molar-refractivity contribution < 1.29 is 9.47 Å². The van der Waals surface area contributed by atoms with E-state index >= 15 is 0 Å². The van der Waals surface area contributed by atoms with Crippen LogP contribution in [0.4, 0.5) is 17.1 Å². The van der Waals surface area contributed by atoms with Gasteiger partial charge in [-0.3, -0.25) is 0 Å². The number of nitrogens with zero attached hydrogens (tertiary/aromatic N) is 1. The van der Waals surface area contributed by atoms with E-state index in [1.54, 1.807) is 0 Å². The van der Waals surface area contributed by atoms with Gasteiger partial charge in [-0.25, -0.2) is 0 Å². The molecule has 388 valence electrons. The Morgan fingerprint density at radius 1 is 0.205 bits per heavy atom. The maximum Gasteiger partial charge on any atom is 0.132 e. The summed E-state index contributed by atoms with van der Waals surface area (Å²) in [6.07, 6.45) is 0. The number of hydrogen-bond donors (Lipinski definition) is 0. The van der Waals surface area contributed by atoms with Gasteiger partial charge < -0.3 is 14.4 Å². The van der Waals surface area contributed by atoms with Crippen LogP contribution in [0, 0.1) is 0 Å². The van der Waals surface area contributed by atoms with Gasteiger partial charge in [-0.15, -0.1) is 0 Å². The number of anilines is 3. The second-order valence-corrected chi connectivity index (χ2v) is 22.2. The summed E-state index contributed by atoms with van der Waals surface area (Å²) >= 11 is 0. The van der Waals surface area contributed by atoms with Gasteiger partial charge in [0.1, 0.15) is 23.0 Å². The molecule has 0 atom stereocenters. The smallest absolute Gasteiger partial charge is 0.132 e. The average molecular weight is 1060 g/mol. The summed E-state index contributed by atoms with van der Waals surface area (Å²) in [7, 11) is 0. The highest BCUT2D eigenvalue weighted by molar-refractivity contribution is 5.95. The lowest BCUT2D eigenvalue weighted by molar-refractivity contribution is 0.436. The zero-order valence-corrected chi connectivity index (χ0v) is 45.2. The van der Waals surface area contributed by atoms with Crippen LogP contribution in [0.25, 0.3) is 66.8 Å². The maximum atomic E-state index is 6.68. The van der Waals surface area contributed by atoms with Crippen LogP contribution in [0.5, 0.6) is 23.0 Å². The molecule has 13 aromatic rings. The Kier molecular flexibility index (Phi) is 10.4. The third-order valence-corrected chi connectivity index (χ3v) is 18.0. The molecule has 0 unspecified atom stereocenters. The van der Waals surface area contributed by atoms with Gasteiger partial charge in [-0.2, -0.15) is 0 Å². The van der Waals surface area contributed by atoms with Crippen molar-refractivity contribution in [2.24, 2.45) is 0 Å². The second-order valence-electron chi connectivity index (χ2n) is 22.2. The summed E-state index contributed by atoms with van der Waals surface area (Å²) in [5.41, 5.74) is 26.1. The van der Waals surface area contributed by atoms with Gasteiger partial charge in [-0.05, 0) is 156 Å². The molecule has 0 saturated heterocycles. The quantitative estimate of drug-likeness (QED) is 0.159. The lowest BCUT2D eigenvalue weighted by Crippen LogP contribution is -2.32. The topological polar surface area (TPSA) is 21.7 Å². The molecule has 3 heteroatoms. The highest BCUT2D eigenvalue weighted by Crippen LogP contribution is 2.64. The van der Waals surface area contributed by atoms with Gasteiger partial charge >= 0.3 is 0 Å². The van der Waals surface area contributed by atoms with E-state index in [0.717, 1.165) is 90.1 Å². The summed E-state index contributed by atoms with van der Waals surface area (Å²) in [6.45, 7) is 0.